The van der Waals surface area contributed by atoms with Crippen molar-refractivity contribution in [1.82, 2.24) is 0 Å². The van der Waals surface area contributed by atoms with Gasteiger partial charge in [0, 0.05) is 6.54 Å². The maximum absolute atomic E-state index is 9.96. The quantitative estimate of drug-likeness (QED) is 0.810. The molecular formula is C17H27NO3. The molecule has 1 saturated carbocycles. The number of hydrogen-bond acceptors (Lipinski definition) is 4. The molecule has 0 spiro atoms. The molecule has 21 heavy (non-hydrogen) atoms. The van der Waals surface area contributed by atoms with Gasteiger partial charge in [0.2, 0.25) is 0 Å². The maximum atomic E-state index is 9.96. The van der Waals surface area contributed by atoms with Gasteiger partial charge in [-0.15, -0.1) is 0 Å². The summed E-state index contributed by atoms with van der Waals surface area (Å²) in [7, 11) is 0. The van der Waals surface area contributed by atoms with E-state index in [2.05, 4.69) is 6.92 Å². The highest BCUT2D eigenvalue weighted by Crippen LogP contribution is 2.26. The van der Waals surface area contributed by atoms with Gasteiger partial charge in [0.1, 0.15) is 18.5 Å². The van der Waals surface area contributed by atoms with E-state index in [1.807, 2.05) is 24.3 Å². The smallest absolute Gasteiger partial charge is 0.119 e. The van der Waals surface area contributed by atoms with Crippen LogP contribution in [0.2, 0.25) is 0 Å². The van der Waals surface area contributed by atoms with Crippen LogP contribution < -0.4 is 10.5 Å². The summed E-state index contributed by atoms with van der Waals surface area (Å²) in [5, 5.41) is 9.96. The van der Waals surface area contributed by atoms with Crippen molar-refractivity contribution in [2.75, 3.05) is 13.2 Å². The molecule has 0 aliphatic heterocycles. The number of aliphatic hydroxyl groups excluding tert-OH is 1. The molecule has 3 atom stereocenters. The largest absolute Gasteiger partial charge is 0.491 e. The number of ether oxygens (including phenoxy) is 2. The van der Waals surface area contributed by atoms with Crippen LogP contribution >= 0.6 is 0 Å². The monoisotopic (exact) mass is 293 g/mol. The van der Waals surface area contributed by atoms with Crippen molar-refractivity contribution >= 4 is 0 Å². The Morgan fingerprint density at radius 3 is 2.57 bits per heavy atom. The zero-order valence-corrected chi connectivity index (χ0v) is 12.8. The van der Waals surface area contributed by atoms with Gasteiger partial charge in [-0.05, 0) is 36.5 Å². The molecule has 0 heterocycles. The molecule has 0 bridgehead atoms. The molecule has 1 aliphatic rings. The average molecular weight is 293 g/mol. The predicted octanol–water partition coefficient (Wildman–Crippen LogP) is 2.48. The predicted molar refractivity (Wildman–Crippen MR) is 83.2 cm³/mol. The number of rotatable bonds is 7. The van der Waals surface area contributed by atoms with Gasteiger partial charge in [-0.2, -0.15) is 0 Å². The summed E-state index contributed by atoms with van der Waals surface area (Å²) in [6.07, 6.45) is 4.56. The number of hydrogen-bond donors (Lipinski definition) is 2. The lowest BCUT2D eigenvalue weighted by Crippen LogP contribution is -2.31. The van der Waals surface area contributed by atoms with Crippen LogP contribution in [0.3, 0.4) is 0 Å². The van der Waals surface area contributed by atoms with Crippen molar-refractivity contribution in [3.8, 4) is 5.75 Å². The lowest BCUT2D eigenvalue weighted by atomic mass is 9.88. The van der Waals surface area contributed by atoms with Crippen molar-refractivity contribution in [2.24, 2.45) is 11.7 Å². The van der Waals surface area contributed by atoms with Crippen molar-refractivity contribution < 1.29 is 14.6 Å². The fourth-order valence-electron chi connectivity index (χ4n) is 2.73. The summed E-state index contributed by atoms with van der Waals surface area (Å²) in [5.41, 5.74) is 6.61. The van der Waals surface area contributed by atoms with Crippen LogP contribution in [-0.2, 0) is 11.3 Å². The Kier molecular flexibility index (Phi) is 6.49. The molecule has 3 unspecified atom stereocenters. The van der Waals surface area contributed by atoms with Crippen molar-refractivity contribution in [2.45, 2.75) is 51.4 Å². The first-order valence-corrected chi connectivity index (χ1v) is 7.90. The number of nitrogens with two attached hydrogens (primary N) is 1. The lowest BCUT2D eigenvalue weighted by molar-refractivity contribution is -0.0553. The summed E-state index contributed by atoms with van der Waals surface area (Å²) in [4.78, 5) is 0. The highest BCUT2D eigenvalue weighted by atomic mass is 16.5. The van der Waals surface area contributed by atoms with Crippen LogP contribution in [0, 0.1) is 5.92 Å². The average Bonchev–Trinajstić information content (AvgIpc) is 2.52. The Morgan fingerprint density at radius 1 is 1.19 bits per heavy atom. The van der Waals surface area contributed by atoms with Crippen LogP contribution in [0.4, 0.5) is 0 Å². The third-order valence-corrected chi connectivity index (χ3v) is 4.14. The van der Waals surface area contributed by atoms with E-state index in [0.29, 0.717) is 19.1 Å². The first kappa shape index (κ1) is 16.3. The molecule has 0 aromatic heterocycles. The summed E-state index contributed by atoms with van der Waals surface area (Å²) in [6.45, 7) is 3.35. The highest BCUT2D eigenvalue weighted by molar-refractivity contribution is 5.27. The first-order valence-electron chi connectivity index (χ1n) is 7.90. The summed E-state index contributed by atoms with van der Waals surface area (Å²) >= 11 is 0. The van der Waals surface area contributed by atoms with Crippen LogP contribution in [0.25, 0.3) is 0 Å². The molecule has 0 radical (unpaired) electrons. The van der Waals surface area contributed by atoms with E-state index >= 15 is 0 Å². The van der Waals surface area contributed by atoms with Gasteiger partial charge in [0.15, 0.2) is 0 Å². The molecule has 1 fully saturated rings. The maximum Gasteiger partial charge on any atom is 0.119 e. The van der Waals surface area contributed by atoms with E-state index in [-0.39, 0.29) is 12.7 Å². The van der Waals surface area contributed by atoms with Crippen molar-refractivity contribution in [1.29, 1.82) is 0 Å². The zero-order valence-electron chi connectivity index (χ0n) is 12.8. The molecule has 1 aliphatic carbocycles. The number of benzene rings is 1. The molecule has 1 aromatic carbocycles. The Bertz CT molecular complexity index is 407. The fourth-order valence-corrected chi connectivity index (χ4v) is 2.73. The zero-order chi connectivity index (χ0) is 15.1. The molecule has 1 aromatic rings. The van der Waals surface area contributed by atoms with Crippen LogP contribution in [0.5, 0.6) is 5.75 Å². The van der Waals surface area contributed by atoms with Gasteiger partial charge >= 0.3 is 0 Å². The van der Waals surface area contributed by atoms with Gasteiger partial charge in [-0.1, -0.05) is 31.9 Å². The normalized spacial score (nSPS) is 23.8. The van der Waals surface area contributed by atoms with Gasteiger partial charge < -0.3 is 20.3 Å². The van der Waals surface area contributed by atoms with E-state index < -0.39 is 6.10 Å². The minimum absolute atomic E-state index is 0.253. The van der Waals surface area contributed by atoms with Gasteiger partial charge in [-0.3, -0.25) is 0 Å². The minimum atomic E-state index is -0.590. The van der Waals surface area contributed by atoms with Gasteiger partial charge in [0.25, 0.3) is 0 Å². The second kappa shape index (κ2) is 8.37. The van der Waals surface area contributed by atoms with Gasteiger partial charge in [0.05, 0.1) is 12.7 Å². The second-order valence-corrected chi connectivity index (χ2v) is 5.95. The molecule has 118 valence electrons. The summed E-state index contributed by atoms with van der Waals surface area (Å²) in [5.74, 6) is 1.34. The fraction of sp³-hybridized carbons (Fsp3) is 0.647. The molecular weight excluding hydrogens is 266 g/mol. The van der Waals surface area contributed by atoms with E-state index in [1.54, 1.807) is 0 Å². The molecule has 4 heteroatoms. The molecule has 0 saturated heterocycles. The van der Waals surface area contributed by atoms with E-state index in [4.69, 9.17) is 15.2 Å². The highest BCUT2D eigenvalue weighted by Gasteiger charge is 2.22. The summed E-state index contributed by atoms with van der Waals surface area (Å²) < 4.78 is 11.4. The molecule has 3 N–H and O–H groups in total. The second-order valence-electron chi connectivity index (χ2n) is 5.95. The van der Waals surface area contributed by atoms with Crippen LogP contribution in [-0.4, -0.2) is 30.5 Å². The number of aliphatic hydroxyl groups is 1. The van der Waals surface area contributed by atoms with E-state index in [1.165, 1.54) is 19.3 Å². The first-order chi connectivity index (χ1) is 10.2. The van der Waals surface area contributed by atoms with Crippen molar-refractivity contribution in [3.05, 3.63) is 29.8 Å². The van der Waals surface area contributed by atoms with E-state index in [0.717, 1.165) is 17.7 Å². The Labute approximate surface area is 127 Å². The van der Waals surface area contributed by atoms with E-state index in [9.17, 15) is 5.11 Å². The van der Waals surface area contributed by atoms with Crippen LogP contribution in [0.15, 0.2) is 24.3 Å². The third kappa shape index (κ3) is 5.30. The minimum Gasteiger partial charge on any atom is -0.491 e. The van der Waals surface area contributed by atoms with Crippen molar-refractivity contribution in [3.63, 3.8) is 0 Å². The van der Waals surface area contributed by atoms with Gasteiger partial charge in [-0.25, -0.2) is 0 Å². The molecule has 4 nitrogen and oxygen atoms in total. The third-order valence-electron chi connectivity index (χ3n) is 4.14. The Hall–Kier alpha value is -1.10. The summed E-state index contributed by atoms with van der Waals surface area (Å²) in [6, 6.07) is 7.61. The topological polar surface area (TPSA) is 64.7 Å². The molecule has 0 amide bonds. The van der Waals surface area contributed by atoms with Crippen LogP contribution in [0.1, 0.15) is 38.2 Å². The lowest BCUT2D eigenvalue weighted by Gasteiger charge is -2.29. The SMILES string of the molecule is CC1CCCCC1OCC(O)COc1ccc(CN)cc1. The molecule has 2 rings (SSSR count). The Morgan fingerprint density at radius 2 is 1.90 bits per heavy atom. The Balaban J connectivity index is 1.67. The standard InChI is InChI=1S/C17H27NO3/c1-13-4-2-3-5-17(13)21-12-15(19)11-20-16-8-6-14(10-18)7-9-16/h6-9,13,15,17,19H,2-5,10-12,18H2,1H3.